The van der Waals surface area contributed by atoms with E-state index in [0.717, 1.165) is 28.6 Å². The number of carbonyl (C=O) groups is 1. The third-order valence-corrected chi connectivity index (χ3v) is 3.99. The van der Waals surface area contributed by atoms with Crippen LogP contribution in [0.1, 0.15) is 11.1 Å². The summed E-state index contributed by atoms with van der Waals surface area (Å²) in [5, 5.41) is 8.74. The maximum atomic E-state index is 13.8. The van der Waals surface area contributed by atoms with E-state index >= 15 is 0 Å². The minimum absolute atomic E-state index is 0.304. The Morgan fingerprint density at radius 3 is 2.35 bits per heavy atom. The fourth-order valence-electron chi connectivity index (χ4n) is 2.76. The Balaban J connectivity index is 2.07. The van der Waals surface area contributed by atoms with Crippen LogP contribution >= 0.6 is 0 Å². The highest BCUT2D eigenvalue weighted by atomic mass is 19.1. The van der Waals surface area contributed by atoms with Gasteiger partial charge < -0.3 is 10.0 Å². The molecular formula is C22H18FNO2. The summed E-state index contributed by atoms with van der Waals surface area (Å²) in [4.78, 5) is 12.6. The maximum Gasteiger partial charge on any atom is 0.328 e. The van der Waals surface area contributed by atoms with Crippen molar-refractivity contribution in [3.8, 4) is 0 Å². The molecule has 0 aliphatic heterocycles. The first-order chi connectivity index (χ1) is 12.5. The average Bonchev–Trinajstić information content (AvgIpc) is 2.63. The monoisotopic (exact) mass is 347 g/mol. The number of benzene rings is 3. The number of nitrogens with zero attached hydrogens (tertiary/aromatic N) is 1. The fourth-order valence-corrected chi connectivity index (χ4v) is 2.76. The predicted molar refractivity (Wildman–Crippen MR) is 102 cm³/mol. The smallest absolute Gasteiger partial charge is 0.328 e. The highest BCUT2D eigenvalue weighted by Crippen LogP contribution is 2.36. The lowest BCUT2D eigenvalue weighted by Crippen LogP contribution is -2.11. The molecular weight excluding hydrogens is 329 g/mol. The minimum Gasteiger partial charge on any atom is -0.478 e. The number of para-hydroxylation sites is 1. The van der Waals surface area contributed by atoms with Gasteiger partial charge >= 0.3 is 5.97 Å². The van der Waals surface area contributed by atoms with Crippen LogP contribution in [0.15, 0.2) is 78.9 Å². The molecule has 130 valence electrons. The summed E-state index contributed by atoms with van der Waals surface area (Å²) in [6, 6.07) is 21.8. The van der Waals surface area contributed by atoms with E-state index in [9.17, 15) is 9.18 Å². The van der Waals surface area contributed by atoms with Gasteiger partial charge in [-0.15, -0.1) is 0 Å². The molecule has 3 rings (SSSR count). The Bertz CT molecular complexity index is 948. The third-order valence-electron chi connectivity index (χ3n) is 3.99. The molecule has 0 aliphatic carbocycles. The topological polar surface area (TPSA) is 40.5 Å². The third kappa shape index (κ3) is 3.98. The molecule has 0 aliphatic rings. The molecule has 0 radical (unpaired) electrons. The summed E-state index contributed by atoms with van der Waals surface area (Å²) in [7, 11) is 0. The van der Waals surface area contributed by atoms with Gasteiger partial charge in [0.2, 0.25) is 0 Å². The number of halogens is 1. The van der Waals surface area contributed by atoms with Crippen molar-refractivity contribution >= 4 is 29.1 Å². The maximum absolute atomic E-state index is 13.8. The van der Waals surface area contributed by atoms with Crippen molar-refractivity contribution in [1.29, 1.82) is 0 Å². The zero-order chi connectivity index (χ0) is 18.5. The standard InChI is InChI=1S/C22H18FNO2/c1-16-5-2-3-8-21(16)24(20-7-4-6-18(23)15-20)19-12-9-17(10-13-19)11-14-22(25)26/h2-15H,1H3,(H,25,26)/b14-11+. The van der Waals surface area contributed by atoms with E-state index in [4.69, 9.17) is 5.11 Å². The number of aliphatic carboxylic acids is 1. The Kier molecular flexibility index (Phi) is 5.13. The zero-order valence-electron chi connectivity index (χ0n) is 14.3. The Morgan fingerprint density at radius 2 is 1.69 bits per heavy atom. The highest BCUT2D eigenvalue weighted by Gasteiger charge is 2.14. The second-order valence-electron chi connectivity index (χ2n) is 5.86. The molecule has 3 aromatic rings. The molecule has 1 N–H and O–H groups in total. The first-order valence-electron chi connectivity index (χ1n) is 8.17. The van der Waals surface area contributed by atoms with Crippen molar-refractivity contribution in [2.75, 3.05) is 4.90 Å². The fraction of sp³-hybridized carbons (Fsp3) is 0.0455. The van der Waals surface area contributed by atoms with Crippen molar-refractivity contribution in [2.24, 2.45) is 0 Å². The molecule has 0 bridgehead atoms. The van der Waals surface area contributed by atoms with Gasteiger partial charge in [0.15, 0.2) is 0 Å². The van der Waals surface area contributed by atoms with Crippen molar-refractivity contribution in [2.45, 2.75) is 6.92 Å². The van der Waals surface area contributed by atoms with E-state index in [-0.39, 0.29) is 5.82 Å². The van der Waals surface area contributed by atoms with Crippen molar-refractivity contribution < 1.29 is 14.3 Å². The van der Waals surface area contributed by atoms with Crippen LogP contribution in [0.25, 0.3) is 6.08 Å². The quantitative estimate of drug-likeness (QED) is 0.602. The summed E-state index contributed by atoms with van der Waals surface area (Å²) in [6.07, 6.45) is 2.63. The van der Waals surface area contributed by atoms with Crippen LogP contribution in [0.3, 0.4) is 0 Å². The Hall–Kier alpha value is -3.40. The number of carboxylic acids is 1. The molecule has 3 nitrogen and oxygen atoms in total. The summed E-state index contributed by atoms with van der Waals surface area (Å²) in [6.45, 7) is 2.01. The number of hydrogen-bond donors (Lipinski definition) is 1. The first kappa shape index (κ1) is 17.4. The molecule has 0 amide bonds. The van der Waals surface area contributed by atoms with Crippen LogP contribution in [0.4, 0.5) is 21.5 Å². The zero-order valence-corrected chi connectivity index (χ0v) is 14.3. The molecule has 0 fully saturated rings. The van der Waals surface area contributed by atoms with E-state index in [1.165, 1.54) is 18.2 Å². The average molecular weight is 347 g/mol. The molecule has 4 heteroatoms. The largest absolute Gasteiger partial charge is 0.478 e. The van der Waals surface area contributed by atoms with Gasteiger partial charge in [0.1, 0.15) is 5.82 Å². The van der Waals surface area contributed by atoms with Gasteiger partial charge in [0, 0.05) is 23.1 Å². The lowest BCUT2D eigenvalue weighted by molar-refractivity contribution is -0.131. The molecule has 0 unspecified atom stereocenters. The van der Waals surface area contributed by atoms with Crippen LogP contribution in [-0.2, 0) is 4.79 Å². The van der Waals surface area contributed by atoms with Gasteiger partial charge in [-0.3, -0.25) is 0 Å². The minimum atomic E-state index is -0.990. The van der Waals surface area contributed by atoms with Crippen LogP contribution < -0.4 is 4.90 Å². The van der Waals surface area contributed by atoms with Crippen molar-refractivity contribution in [3.63, 3.8) is 0 Å². The van der Waals surface area contributed by atoms with E-state index in [2.05, 4.69) is 0 Å². The lowest BCUT2D eigenvalue weighted by atomic mass is 10.1. The molecule has 0 atom stereocenters. The molecule has 0 heterocycles. The van der Waals surface area contributed by atoms with Crippen LogP contribution in [0.2, 0.25) is 0 Å². The predicted octanol–water partition coefficient (Wildman–Crippen LogP) is 5.70. The second-order valence-corrected chi connectivity index (χ2v) is 5.86. The first-order valence-corrected chi connectivity index (χ1v) is 8.17. The SMILES string of the molecule is Cc1ccccc1N(c1ccc(/C=C/C(=O)O)cc1)c1cccc(F)c1. The summed E-state index contributed by atoms with van der Waals surface area (Å²) < 4.78 is 13.8. The van der Waals surface area contributed by atoms with E-state index < -0.39 is 5.97 Å². The normalized spacial score (nSPS) is 10.8. The van der Waals surface area contributed by atoms with Gasteiger partial charge in [0.05, 0.1) is 0 Å². The van der Waals surface area contributed by atoms with Gasteiger partial charge in [-0.1, -0.05) is 36.4 Å². The lowest BCUT2D eigenvalue weighted by Gasteiger charge is -2.27. The van der Waals surface area contributed by atoms with Gasteiger partial charge in [-0.05, 0) is 60.5 Å². The molecule has 0 spiro atoms. The number of hydrogen-bond acceptors (Lipinski definition) is 2. The summed E-state index contributed by atoms with van der Waals surface area (Å²) >= 11 is 0. The van der Waals surface area contributed by atoms with Crippen molar-refractivity contribution in [3.05, 3.63) is 95.8 Å². The number of aryl methyl sites for hydroxylation is 1. The van der Waals surface area contributed by atoms with Crippen LogP contribution in [0, 0.1) is 12.7 Å². The van der Waals surface area contributed by atoms with Gasteiger partial charge in [-0.2, -0.15) is 0 Å². The molecule has 3 aromatic carbocycles. The number of carboxylic acid groups (broad SMARTS) is 1. The number of anilines is 3. The van der Waals surface area contributed by atoms with E-state index in [1.54, 1.807) is 6.07 Å². The summed E-state index contributed by atoms with van der Waals surface area (Å²) in [5.41, 5.74) is 4.36. The van der Waals surface area contributed by atoms with Gasteiger partial charge in [0.25, 0.3) is 0 Å². The van der Waals surface area contributed by atoms with Crippen molar-refractivity contribution in [1.82, 2.24) is 0 Å². The van der Waals surface area contributed by atoms with E-state index in [1.807, 2.05) is 66.4 Å². The Morgan fingerprint density at radius 1 is 0.962 bits per heavy atom. The summed E-state index contributed by atoms with van der Waals surface area (Å²) in [5.74, 6) is -1.29. The van der Waals surface area contributed by atoms with E-state index in [0.29, 0.717) is 5.69 Å². The highest BCUT2D eigenvalue weighted by molar-refractivity contribution is 5.85. The molecule has 0 saturated carbocycles. The second kappa shape index (κ2) is 7.66. The van der Waals surface area contributed by atoms with Gasteiger partial charge in [-0.25, -0.2) is 9.18 Å². The molecule has 26 heavy (non-hydrogen) atoms. The molecule has 0 aromatic heterocycles. The Labute approximate surface area is 151 Å². The molecule has 0 saturated heterocycles. The van der Waals surface area contributed by atoms with Crippen LogP contribution in [-0.4, -0.2) is 11.1 Å². The number of rotatable bonds is 5. The van der Waals surface area contributed by atoms with Crippen LogP contribution in [0.5, 0.6) is 0 Å².